The molecule has 0 spiro atoms. The van der Waals surface area contributed by atoms with Crippen LogP contribution in [-0.4, -0.2) is 21.0 Å². The second-order valence-corrected chi connectivity index (χ2v) is 4.60. The van der Waals surface area contributed by atoms with E-state index in [2.05, 4.69) is 15.5 Å². The van der Waals surface area contributed by atoms with Crippen LogP contribution in [0, 0.1) is 15.9 Å². The number of nitrogens with zero attached hydrogens (tertiary/aromatic N) is 3. The van der Waals surface area contributed by atoms with Gasteiger partial charge in [-0.15, -0.1) is 5.10 Å². The van der Waals surface area contributed by atoms with Crippen LogP contribution in [0.4, 0.5) is 16.1 Å². The Labute approximate surface area is 117 Å². The van der Waals surface area contributed by atoms with E-state index < -0.39 is 22.3 Å². The summed E-state index contributed by atoms with van der Waals surface area (Å²) in [6.45, 7) is 0. The number of nitro benzene ring substituents is 1. The van der Waals surface area contributed by atoms with Gasteiger partial charge in [0.25, 0.3) is 5.91 Å². The molecule has 1 N–H and O–H groups in total. The highest BCUT2D eigenvalue weighted by atomic mass is 19.1. The van der Waals surface area contributed by atoms with Crippen molar-refractivity contribution in [1.29, 1.82) is 0 Å². The molecule has 1 fully saturated rings. The third-order valence-electron chi connectivity index (χ3n) is 2.99. The summed E-state index contributed by atoms with van der Waals surface area (Å²) >= 11 is 0. The minimum atomic E-state index is -1.09. The highest BCUT2D eigenvalue weighted by Crippen LogP contribution is 2.39. The third kappa shape index (κ3) is 2.71. The van der Waals surface area contributed by atoms with Crippen LogP contribution in [0.3, 0.4) is 0 Å². The summed E-state index contributed by atoms with van der Waals surface area (Å²) in [4.78, 5) is 21.5. The number of carbonyl (C=O) groups is 1. The van der Waals surface area contributed by atoms with Gasteiger partial charge in [0.1, 0.15) is 0 Å². The number of nitro groups is 1. The third-order valence-corrected chi connectivity index (χ3v) is 2.99. The lowest BCUT2D eigenvalue weighted by Crippen LogP contribution is -2.12. The summed E-state index contributed by atoms with van der Waals surface area (Å²) in [7, 11) is 0. The first-order valence-electron chi connectivity index (χ1n) is 6.13. The maximum atomic E-state index is 13.4. The molecule has 1 aromatic heterocycles. The van der Waals surface area contributed by atoms with Crippen LogP contribution in [-0.2, 0) is 0 Å². The number of aromatic nitrogens is 2. The van der Waals surface area contributed by atoms with Crippen molar-refractivity contribution in [3.63, 3.8) is 0 Å². The molecule has 0 aliphatic heterocycles. The number of halogens is 1. The minimum absolute atomic E-state index is 0.0794. The van der Waals surface area contributed by atoms with Crippen molar-refractivity contribution < 1.29 is 18.5 Å². The Morgan fingerprint density at radius 2 is 2.19 bits per heavy atom. The van der Waals surface area contributed by atoms with Crippen LogP contribution in [0.25, 0.3) is 0 Å². The van der Waals surface area contributed by atoms with Gasteiger partial charge in [-0.25, -0.2) is 0 Å². The molecule has 21 heavy (non-hydrogen) atoms. The molecule has 8 nitrogen and oxygen atoms in total. The summed E-state index contributed by atoms with van der Waals surface area (Å²) in [5.41, 5.74) is -0.773. The molecule has 1 aliphatic carbocycles. The van der Waals surface area contributed by atoms with E-state index in [1.165, 1.54) is 0 Å². The highest BCUT2D eigenvalue weighted by Gasteiger charge is 2.29. The molecule has 0 bridgehead atoms. The topological polar surface area (TPSA) is 111 Å². The first-order chi connectivity index (χ1) is 10.0. The standard InChI is InChI=1S/C12H9FN4O4/c13-8-5-7(3-4-9(8)17(19)20)10(18)14-12-16-15-11(21-12)6-1-2-6/h3-6H,1-2H2,(H,14,16,18). The number of rotatable bonds is 4. The van der Waals surface area contributed by atoms with Crippen LogP contribution >= 0.6 is 0 Å². The minimum Gasteiger partial charge on any atom is -0.408 e. The van der Waals surface area contributed by atoms with Gasteiger partial charge in [-0.3, -0.25) is 20.2 Å². The molecule has 1 aliphatic rings. The lowest BCUT2D eigenvalue weighted by molar-refractivity contribution is -0.387. The van der Waals surface area contributed by atoms with Gasteiger partial charge in [0.15, 0.2) is 0 Å². The maximum absolute atomic E-state index is 13.4. The van der Waals surface area contributed by atoms with Crippen molar-refractivity contribution in [2.45, 2.75) is 18.8 Å². The second-order valence-electron chi connectivity index (χ2n) is 4.60. The van der Waals surface area contributed by atoms with E-state index in [0.29, 0.717) is 5.89 Å². The summed E-state index contributed by atoms with van der Waals surface area (Å²) in [5.74, 6) is -1.06. The van der Waals surface area contributed by atoms with E-state index >= 15 is 0 Å². The van der Waals surface area contributed by atoms with Gasteiger partial charge < -0.3 is 4.42 Å². The molecular formula is C12H9FN4O4. The van der Waals surface area contributed by atoms with E-state index in [4.69, 9.17) is 4.42 Å². The van der Waals surface area contributed by atoms with E-state index in [0.717, 1.165) is 31.0 Å². The largest absolute Gasteiger partial charge is 0.408 e. The second kappa shape index (κ2) is 4.93. The molecule has 1 amide bonds. The van der Waals surface area contributed by atoms with Gasteiger partial charge >= 0.3 is 11.7 Å². The van der Waals surface area contributed by atoms with E-state index in [9.17, 15) is 19.3 Å². The Morgan fingerprint density at radius 1 is 1.43 bits per heavy atom. The Bertz CT molecular complexity index is 726. The zero-order valence-corrected chi connectivity index (χ0v) is 10.6. The summed E-state index contributed by atoms with van der Waals surface area (Å²) in [5, 5.41) is 20.3. The van der Waals surface area contributed by atoms with Crippen molar-refractivity contribution >= 4 is 17.6 Å². The fourth-order valence-electron chi connectivity index (χ4n) is 1.75. The fourth-order valence-corrected chi connectivity index (χ4v) is 1.75. The molecule has 108 valence electrons. The van der Waals surface area contributed by atoms with Crippen molar-refractivity contribution in [2.75, 3.05) is 5.32 Å². The van der Waals surface area contributed by atoms with Crippen molar-refractivity contribution in [3.8, 4) is 0 Å². The predicted octanol–water partition coefficient (Wildman–Crippen LogP) is 2.25. The molecule has 0 unspecified atom stereocenters. The number of benzene rings is 1. The Morgan fingerprint density at radius 3 is 2.81 bits per heavy atom. The molecule has 0 atom stereocenters. The molecule has 2 aromatic rings. The number of hydrogen-bond acceptors (Lipinski definition) is 6. The lowest BCUT2D eigenvalue weighted by atomic mass is 10.2. The molecule has 1 heterocycles. The van der Waals surface area contributed by atoms with Gasteiger partial charge in [0.2, 0.25) is 11.7 Å². The molecule has 1 aromatic carbocycles. The molecule has 9 heteroatoms. The van der Waals surface area contributed by atoms with E-state index in [1.54, 1.807) is 0 Å². The fraction of sp³-hybridized carbons (Fsp3) is 0.250. The van der Waals surface area contributed by atoms with Crippen LogP contribution < -0.4 is 5.32 Å². The number of carbonyl (C=O) groups excluding carboxylic acids is 1. The van der Waals surface area contributed by atoms with Crippen LogP contribution in [0.2, 0.25) is 0 Å². The highest BCUT2D eigenvalue weighted by molar-refractivity contribution is 6.03. The Hall–Kier alpha value is -2.84. The van der Waals surface area contributed by atoms with E-state index in [-0.39, 0.29) is 17.5 Å². The molecule has 3 rings (SSSR count). The quantitative estimate of drug-likeness (QED) is 0.683. The van der Waals surface area contributed by atoms with Gasteiger partial charge in [-0.2, -0.15) is 4.39 Å². The number of hydrogen-bond donors (Lipinski definition) is 1. The molecule has 0 radical (unpaired) electrons. The van der Waals surface area contributed by atoms with Crippen molar-refractivity contribution in [1.82, 2.24) is 10.2 Å². The predicted molar refractivity (Wildman–Crippen MR) is 67.3 cm³/mol. The van der Waals surface area contributed by atoms with Gasteiger partial charge in [0, 0.05) is 17.5 Å². The van der Waals surface area contributed by atoms with Crippen LogP contribution in [0.1, 0.15) is 35.0 Å². The van der Waals surface area contributed by atoms with Gasteiger partial charge in [0.05, 0.1) is 4.92 Å². The number of nitrogens with one attached hydrogen (secondary N) is 1. The Balaban J connectivity index is 1.75. The average Bonchev–Trinajstić information content (AvgIpc) is 3.19. The number of anilines is 1. The average molecular weight is 292 g/mol. The van der Waals surface area contributed by atoms with E-state index in [1.807, 2.05) is 0 Å². The van der Waals surface area contributed by atoms with Crippen LogP contribution in [0.15, 0.2) is 22.6 Å². The molecular weight excluding hydrogens is 283 g/mol. The van der Waals surface area contributed by atoms with Crippen LogP contribution in [0.5, 0.6) is 0 Å². The first kappa shape index (κ1) is 13.2. The normalized spacial score (nSPS) is 14.0. The monoisotopic (exact) mass is 292 g/mol. The summed E-state index contributed by atoms with van der Waals surface area (Å²) < 4.78 is 18.7. The SMILES string of the molecule is O=C(Nc1nnc(C2CC2)o1)c1ccc([N+](=O)[O-])c(F)c1. The van der Waals surface area contributed by atoms with Gasteiger partial charge in [-0.1, -0.05) is 5.10 Å². The maximum Gasteiger partial charge on any atom is 0.322 e. The zero-order valence-electron chi connectivity index (χ0n) is 10.6. The molecule has 1 saturated carbocycles. The number of amides is 1. The smallest absolute Gasteiger partial charge is 0.322 e. The zero-order chi connectivity index (χ0) is 15.0. The first-order valence-corrected chi connectivity index (χ1v) is 6.13. The van der Waals surface area contributed by atoms with Crippen molar-refractivity contribution in [3.05, 3.63) is 45.6 Å². The lowest BCUT2D eigenvalue weighted by Gasteiger charge is -2.01. The molecule has 0 saturated heterocycles. The summed E-state index contributed by atoms with van der Waals surface area (Å²) in [6, 6.07) is 2.77. The van der Waals surface area contributed by atoms with Gasteiger partial charge in [-0.05, 0) is 25.0 Å². The van der Waals surface area contributed by atoms with Crippen molar-refractivity contribution in [2.24, 2.45) is 0 Å². The Kier molecular flexibility index (Phi) is 3.09. The summed E-state index contributed by atoms with van der Waals surface area (Å²) in [6.07, 6.45) is 1.95.